The van der Waals surface area contributed by atoms with Crippen LogP contribution in [0.4, 0.5) is 13.2 Å². The monoisotopic (exact) mass is 384 g/mol. The molecular weight excluding hydrogens is 365 g/mol. The SMILES string of the molecule is O=C(CSC(F)(F)F)N1CCC[C@H](c2nccn2Cc2ccncc2)C1. The van der Waals surface area contributed by atoms with E-state index in [1.54, 1.807) is 18.6 Å². The standard InChI is InChI=1S/C17H19F3N4OS/c18-17(19,20)26-12-15(25)23-8-1-2-14(11-23)16-22-7-9-24(16)10-13-3-5-21-6-4-13/h3-7,9,14H,1-2,8,10-12H2/t14-/m0/s1. The molecule has 0 saturated carbocycles. The smallest absolute Gasteiger partial charge is 0.341 e. The lowest BCUT2D eigenvalue weighted by Gasteiger charge is -2.32. The van der Waals surface area contributed by atoms with Crippen molar-refractivity contribution >= 4 is 17.7 Å². The van der Waals surface area contributed by atoms with E-state index < -0.39 is 17.2 Å². The van der Waals surface area contributed by atoms with Gasteiger partial charge in [-0.1, -0.05) is 0 Å². The Morgan fingerprint density at radius 3 is 2.77 bits per heavy atom. The fourth-order valence-corrected chi connectivity index (χ4v) is 3.62. The van der Waals surface area contributed by atoms with E-state index in [1.165, 1.54) is 4.90 Å². The summed E-state index contributed by atoms with van der Waals surface area (Å²) in [4.78, 5) is 22.1. The first-order valence-electron chi connectivity index (χ1n) is 8.31. The van der Waals surface area contributed by atoms with Crippen molar-refractivity contribution in [2.45, 2.75) is 30.8 Å². The molecule has 1 amide bonds. The fourth-order valence-electron chi connectivity index (χ4n) is 3.15. The molecule has 1 atom stereocenters. The third-order valence-electron chi connectivity index (χ3n) is 4.35. The summed E-state index contributed by atoms with van der Waals surface area (Å²) in [7, 11) is 0. The molecule has 0 unspecified atom stereocenters. The van der Waals surface area contributed by atoms with Gasteiger partial charge in [0.15, 0.2) is 0 Å². The molecule has 26 heavy (non-hydrogen) atoms. The van der Waals surface area contributed by atoms with Crippen molar-refractivity contribution in [1.29, 1.82) is 0 Å². The number of thioether (sulfide) groups is 1. The molecule has 0 aliphatic carbocycles. The van der Waals surface area contributed by atoms with Crippen molar-refractivity contribution in [1.82, 2.24) is 19.4 Å². The maximum absolute atomic E-state index is 12.3. The van der Waals surface area contributed by atoms with Crippen LogP contribution in [-0.2, 0) is 11.3 Å². The van der Waals surface area contributed by atoms with Crippen LogP contribution in [0.1, 0.15) is 30.1 Å². The van der Waals surface area contributed by atoms with E-state index in [9.17, 15) is 18.0 Å². The minimum atomic E-state index is -4.38. The van der Waals surface area contributed by atoms with Crippen LogP contribution in [0.3, 0.4) is 0 Å². The topological polar surface area (TPSA) is 51.0 Å². The molecule has 2 aromatic heterocycles. The number of hydrogen-bond donors (Lipinski definition) is 0. The van der Waals surface area contributed by atoms with Gasteiger partial charge in [0.05, 0.1) is 5.75 Å². The van der Waals surface area contributed by atoms with Gasteiger partial charge in [0, 0.05) is 50.3 Å². The molecule has 3 rings (SSSR count). The van der Waals surface area contributed by atoms with Gasteiger partial charge in [-0.25, -0.2) is 4.98 Å². The van der Waals surface area contributed by atoms with E-state index in [0.717, 1.165) is 24.2 Å². The summed E-state index contributed by atoms with van der Waals surface area (Å²) in [5.74, 6) is -0.144. The third-order valence-corrected chi connectivity index (χ3v) is 5.07. The average molecular weight is 384 g/mol. The van der Waals surface area contributed by atoms with E-state index in [2.05, 4.69) is 9.97 Å². The first-order chi connectivity index (χ1) is 12.4. The van der Waals surface area contributed by atoms with E-state index in [4.69, 9.17) is 0 Å². The van der Waals surface area contributed by atoms with Crippen LogP contribution >= 0.6 is 11.8 Å². The highest BCUT2D eigenvalue weighted by Crippen LogP contribution is 2.31. The van der Waals surface area contributed by atoms with Gasteiger partial charge in [0.1, 0.15) is 5.82 Å². The Bertz CT molecular complexity index is 735. The van der Waals surface area contributed by atoms with Crippen LogP contribution in [0.2, 0.25) is 0 Å². The second-order valence-electron chi connectivity index (χ2n) is 6.18. The van der Waals surface area contributed by atoms with Crippen LogP contribution in [0.5, 0.6) is 0 Å². The second-order valence-corrected chi connectivity index (χ2v) is 7.22. The molecule has 0 radical (unpaired) electrons. The quantitative estimate of drug-likeness (QED) is 0.794. The highest BCUT2D eigenvalue weighted by Gasteiger charge is 2.32. The maximum atomic E-state index is 12.3. The van der Waals surface area contributed by atoms with Crippen molar-refractivity contribution < 1.29 is 18.0 Å². The molecule has 1 aliphatic heterocycles. The molecule has 140 valence electrons. The van der Waals surface area contributed by atoms with Gasteiger partial charge in [-0.3, -0.25) is 9.78 Å². The number of nitrogens with zero attached hydrogens (tertiary/aromatic N) is 4. The number of alkyl halides is 3. The minimum absolute atomic E-state index is 0.0282. The number of imidazole rings is 1. The Kier molecular flexibility index (Phi) is 5.85. The summed E-state index contributed by atoms with van der Waals surface area (Å²) in [5, 5.41) is 0. The molecule has 2 aromatic rings. The first kappa shape index (κ1) is 18.8. The van der Waals surface area contributed by atoms with E-state index >= 15 is 0 Å². The second kappa shape index (κ2) is 8.11. The minimum Gasteiger partial charge on any atom is -0.341 e. The zero-order valence-corrected chi connectivity index (χ0v) is 14.8. The van der Waals surface area contributed by atoms with Crippen molar-refractivity contribution in [2.75, 3.05) is 18.8 Å². The number of rotatable bonds is 5. The first-order valence-corrected chi connectivity index (χ1v) is 9.29. The van der Waals surface area contributed by atoms with Crippen LogP contribution in [0, 0.1) is 0 Å². The zero-order chi connectivity index (χ0) is 18.6. The molecular formula is C17H19F3N4OS. The van der Waals surface area contributed by atoms with Crippen LogP contribution in [0.25, 0.3) is 0 Å². The summed E-state index contributed by atoms with van der Waals surface area (Å²) in [6, 6.07) is 3.85. The lowest BCUT2D eigenvalue weighted by atomic mass is 9.97. The molecule has 1 aliphatic rings. The fraction of sp³-hybridized carbons (Fsp3) is 0.471. The number of piperidine rings is 1. The number of aromatic nitrogens is 3. The number of carbonyl (C=O) groups is 1. The summed E-state index contributed by atoms with van der Waals surface area (Å²) in [6.07, 6.45) is 8.68. The highest BCUT2D eigenvalue weighted by atomic mass is 32.2. The number of carbonyl (C=O) groups excluding carboxylic acids is 1. The van der Waals surface area contributed by atoms with Gasteiger partial charge in [-0.2, -0.15) is 13.2 Å². The van der Waals surface area contributed by atoms with Crippen LogP contribution in [-0.4, -0.2) is 49.7 Å². The molecule has 0 bridgehead atoms. The van der Waals surface area contributed by atoms with Gasteiger partial charge >= 0.3 is 5.51 Å². The average Bonchev–Trinajstić information content (AvgIpc) is 3.08. The number of hydrogen-bond acceptors (Lipinski definition) is 4. The predicted octanol–water partition coefficient (Wildman–Crippen LogP) is 3.29. The Hall–Kier alpha value is -2.03. The zero-order valence-electron chi connectivity index (χ0n) is 14.0. The molecule has 0 spiro atoms. The number of amides is 1. The van der Waals surface area contributed by atoms with Gasteiger partial charge in [-0.05, 0) is 42.3 Å². The molecule has 1 fully saturated rings. The Morgan fingerprint density at radius 1 is 1.27 bits per heavy atom. The molecule has 0 N–H and O–H groups in total. The molecule has 9 heteroatoms. The summed E-state index contributed by atoms with van der Waals surface area (Å²) in [5.41, 5.74) is -3.30. The van der Waals surface area contributed by atoms with Crippen molar-refractivity contribution in [3.63, 3.8) is 0 Å². The van der Waals surface area contributed by atoms with Crippen molar-refractivity contribution in [3.05, 3.63) is 48.3 Å². The molecule has 1 saturated heterocycles. The van der Waals surface area contributed by atoms with E-state index in [0.29, 0.717) is 19.6 Å². The molecule has 0 aromatic carbocycles. The van der Waals surface area contributed by atoms with Gasteiger partial charge in [0.2, 0.25) is 5.91 Å². The summed E-state index contributed by atoms with van der Waals surface area (Å²) < 4.78 is 39.0. The normalized spacial score (nSPS) is 18.1. The number of halogens is 3. The van der Waals surface area contributed by atoms with Gasteiger partial charge in [0.25, 0.3) is 0 Å². The van der Waals surface area contributed by atoms with Crippen LogP contribution < -0.4 is 0 Å². The number of pyridine rings is 1. The maximum Gasteiger partial charge on any atom is 0.442 e. The Balaban J connectivity index is 1.65. The molecule has 3 heterocycles. The van der Waals surface area contributed by atoms with Crippen molar-refractivity contribution in [3.8, 4) is 0 Å². The van der Waals surface area contributed by atoms with Gasteiger partial charge in [-0.15, -0.1) is 0 Å². The third kappa shape index (κ3) is 5.00. The Morgan fingerprint density at radius 2 is 2.04 bits per heavy atom. The summed E-state index contributed by atoms with van der Waals surface area (Å²) >= 11 is -0.279. The lowest BCUT2D eigenvalue weighted by Crippen LogP contribution is -2.41. The van der Waals surface area contributed by atoms with E-state index in [-0.39, 0.29) is 17.7 Å². The van der Waals surface area contributed by atoms with Crippen LogP contribution in [0.15, 0.2) is 36.9 Å². The highest BCUT2D eigenvalue weighted by molar-refractivity contribution is 8.00. The Labute approximate surface area is 153 Å². The summed E-state index contributed by atoms with van der Waals surface area (Å²) in [6.45, 7) is 1.55. The molecule has 5 nitrogen and oxygen atoms in total. The predicted molar refractivity (Wildman–Crippen MR) is 92.6 cm³/mol. The number of likely N-dealkylation sites (tertiary alicyclic amines) is 1. The van der Waals surface area contributed by atoms with E-state index in [1.807, 2.05) is 22.9 Å². The van der Waals surface area contributed by atoms with Gasteiger partial charge < -0.3 is 9.47 Å². The largest absolute Gasteiger partial charge is 0.442 e. The van der Waals surface area contributed by atoms with Crippen molar-refractivity contribution in [2.24, 2.45) is 0 Å². The lowest BCUT2D eigenvalue weighted by molar-refractivity contribution is -0.129.